The van der Waals surface area contributed by atoms with E-state index in [-0.39, 0.29) is 25.7 Å². The summed E-state index contributed by atoms with van der Waals surface area (Å²) < 4.78 is 43.6. The van der Waals surface area contributed by atoms with Crippen molar-refractivity contribution in [2.24, 2.45) is 0 Å². The standard InChI is InChI=1S/C84H158O15/c1-5-9-13-17-21-25-29-33-37-41-45-49-53-57-61-65-74(86)93-70-73-80(96-76(88)67-63-59-55-51-47-43-39-35-31-27-23-19-15-11-7-3)82(97-77(89)68-64-60-56-52-48-44-40-36-32-28-24-20-16-12-8-4)84(98-73,99-81-79(91)78(90)72(69-85)95-83(81)92)71-94-75(87)66-62-58-54-50-46-42-38-34-30-26-22-18-14-10-6-2/h72-73,78-83,85,90-92H,5-71H2,1-4H3/t72-,73-,78-,79+,80-,81-,82+,83+,84+/m1/s1. The normalized spacial score (nSPS) is 20.8. The summed E-state index contributed by atoms with van der Waals surface area (Å²) in [5.74, 6) is -4.75. The van der Waals surface area contributed by atoms with Crippen molar-refractivity contribution in [2.75, 3.05) is 19.8 Å². The van der Waals surface area contributed by atoms with E-state index in [4.69, 9.17) is 33.2 Å². The number of hydrogen-bond acceptors (Lipinski definition) is 15. The van der Waals surface area contributed by atoms with Crippen LogP contribution in [-0.2, 0) is 52.3 Å². The quantitative estimate of drug-likeness (QED) is 0.0253. The monoisotopic (exact) mass is 1410 g/mol. The Morgan fingerprint density at radius 2 is 0.576 bits per heavy atom. The molecule has 4 N–H and O–H groups in total. The molecule has 0 bridgehead atoms. The van der Waals surface area contributed by atoms with E-state index in [0.29, 0.717) is 25.7 Å². The Kier molecular flexibility index (Phi) is 62.1. The molecule has 0 unspecified atom stereocenters. The fourth-order valence-corrected chi connectivity index (χ4v) is 14.4. The predicted molar refractivity (Wildman–Crippen MR) is 402 cm³/mol. The van der Waals surface area contributed by atoms with Gasteiger partial charge in [-0.15, -0.1) is 0 Å². The number of carbonyl (C=O) groups is 4. The Labute approximate surface area is 607 Å². The minimum absolute atomic E-state index is 0.00278. The van der Waals surface area contributed by atoms with Gasteiger partial charge in [0.25, 0.3) is 0 Å². The molecule has 2 saturated heterocycles. The van der Waals surface area contributed by atoms with Gasteiger partial charge in [-0.2, -0.15) is 0 Å². The van der Waals surface area contributed by atoms with Crippen LogP contribution < -0.4 is 0 Å². The number of carbonyl (C=O) groups excluding carboxylic acids is 4. The Morgan fingerprint density at radius 3 is 0.869 bits per heavy atom. The van der Waals surface area contributed by atoms with Crippen molar-refractivity contribution < 1.29 is 72.8 Å². The molecule has 0 aromatic heterocycles. The zero-order chi connectivity index (χ0) is 71.8. The fourth-order valence-electron chi connectivity index (χ4n) is 14.4. The highest BCUT2D eigenvalue weighted by Crippen LogP contribution is 2.41. The zero-order valence-corrected chi connectivity index (χ0v) is 64.8. The van der Waals surface area contributed by atoms with E-state index in [1.807, 2.05) is 0 Å². The highest BCUT2D eigenvalue weighted by molar-refractivity contribution is 5.71. The second kappa shape index (κ2) is 66.3. The summed E-state index contributed by atoms with van der Waals surface area (Å²) in [6.07, 6.45) is 57.2. The molecule has 0 spiro atoms. The average Bonchev–Trinajstić information content (AvgIpc) is 1.62. The molecule has 0 aromatic carbocycles. The van der Waals surface area contributed by atoms with Gasteiger partial charge in [-0.1, -0.05) is 387 Å². The summed E-state index contributed by atoms with van der Waals surface area (Å²) in [5.41, 5.74) is 0. The van der Waals surface area contributed by atoms with E-state index >= 15 is 0 Å². The largest absolute Gasteiger partial charge is 0.463 e. The first-order chi connectivity index (χ1) is 48.5. The second-order valence-electron chi connectivity index (χ2n) is 30.3. The van der Waals surface area contributed by atoms with E-state index in [1.165, 1.54) is 263 Å². The number of unbranched alkanes of at least 4 members (excludes halogenated alkanes) is 56. The summed E-state index contributed by atoms with van der Waals surface area (Å²) in [5, 5.41) is 44.3. The van der Waals surface area contributed by atoms with E-state index in [1.54, 1.807) is 0 Å². The molecule has 2 fully saturated rings. The van der Waals surface area contributed by atoms with Gasteiger partial charge >= 0.3 is 23.9 Å². The Bertz CT molecular complexity index is 1840. The van der Waals surface area contributed by atoms with Crippen LogP contribution in [0.4, 0.5) is 0 Å². The summed E-state index contributed by atoms with van der Waals surface area (Å²) in [7, 11) is 0. The first kappa shape index (κ1) is 92.7. The van der Waals surface area contributed by atoms with Crippen molar-refractivity contribution >= 4 is 23.9 Å². The summed E-state index contributed by atoms with van der Waals surface area (Å²) in [4.78, 5) is 56.2. The van der Waals surface area contributed by atoms with Gasteiger partial charge in [0, 0.05) is 25.7 Å². The summed E-state index contributed by atoms with van der Waals surface area (Å²) >= 11 is 0. The third-order valence-corrected chi connectivity index (χ3v) is 20.9. The van der Waals surface area contributed by atoms with Gasteiger partial charge in [0.1, 0.15) is 43.7 Å². The van der Waals surface area contributed by atoms with E-state index in [2.05, 4.69) is 27.7 Å². The summed E-state index contributed by atoms with van der Waals surface area (Å²) in [6.45, 7) is 7.07. The van der Waals surface area contributed by atoms with Crippen molar-refractivity contribution in [2.45, 2.75) is 493 Å². The molecule has 2 heterocycles. The van der Waals surface area contributed by atoms with E-state index < -0.39 is 98.5 Å². The molecule has 584 valence electrons. The van der Waals surface area contributed by atoms with Crippen molar-refractivity contribution in [3.05, 3.63) is 0 Å². The van der Waals surface area contributed by atoms with Crippen LogP contribution in [0.2, 0.25) is 0 Å². The number of hydrogen-bond donors (Lipinski definition) is 4. The van der Waals surface area contributed by atoms with Gasteiger partial charge in [-0.05, 0) is 25.7 Å². The summed E-state index contributed by atoms with van der Waals surface area (Å²) in [6, 6.07) is 0. The van der Waals surface area contributed by atoms with Crippen LogP contribution in [0, 0.1) is 0 Å². The Balaban J connectivity index is 2.31. The van der Waals surface area contributed by atoms with Crippen molar-refractivity contribution in [3.63, 3.8) is 0 Å². The molecule has 0 aromatic rings. The van der Waals surface area contributed by atoms with Crippen LogP contribution >= 0.6 is 0 Å². The zero-order valence-electron chi connectivity index (χ0n) is 64.8. The van der Waals surface area contributed by atoms with Gasteiger partial charge in [-0.25, -0.2) is 0 Å². The first-order valence-corrected chi connectivity index (χ1v) is 42.8. The number of ether oxygens (including phenoxy) is 7. The lowest BCUT2D eigenvalue weighted by Crippen LogP contribution is -2.64. The van der Waals surface area contributed by atoms with Crippen LogP contribution in [0.15, 0.2) is 0 Å². The molecule has 0 saturated carbocycles. The Morgan fingerprint density at radius 1 is 0.313 bits per heavy atom. The van der Waals surface area contributed by atoms with Crippen LogP contribution in [0.3, 0.4) is 0 Å². The van der Waals surface area contributed by atoms with Gasteiger partial charge < -0.3 is 53.6 Å². The molecule has 99 heavy (non-hydrogen) atoms. The molecule has 15 nitrogen and oxygen atoms in total. The lowest BCUT2D eigenvalue weighted by molar-refractivity contribution is -0.366. The number of aliphatic hydroxyl groups excluding tert-OH is 4. The predicted octanol–water partition coefficient (Wildman–Crippen LogP) is 21.9. The SMILES string of the molecule is CCCCCCCCCCCCCCCCCC(=O)OC[C@H]1O[C@@](COC(=O)CCCCCCCCCCCCCCCCC)(O[C@@H]2[C@@H](O)[C@H](O)[C@@H](CO)O[C@@H]2O)[C@@H](OC(=O)CCCCCCCCCCCCCCCCC)[C@@H]1OC(=O)CCCCCCCCCCCCCCCCC. The number of esters is 4. The molecule has 0 aliphatic carbocycles. The number of rotatable bonds is 73. The molecule has 2 aliphatic heterocycles. The average molecular weight is 1410 g/mol. The van der Waals surface area contributed by atoms with Crippen molar-refractivity contribution in [1.29, 1.82) is 0 Å². The van der Waals surface area contributed by atoms with Crippen LogP contribution in [0.25, 0.3) is 0 Å². The van der Waals surface area contributed by atoms with Gasteiger partial charge in [0.05, 0.1) is 6.61 Å². The first-order valence-electron chi connectivity index (χ1n) is 42.8. The topological polar surface area (TPSA) is 214 Å². The molecule has 15 heteroatoms. The highest BCUT2D eigenvalue weighted by atomic mass is 16.8. The van der Waals surface area contributed by atoms with Crippen LogP contribution in [-0.4, -0.2) is 119 Å². The minimum atomic E-state index is -2.40. The lowest BCUT2D eigenvalue weighted by atomic mass is 9.98. The van der Waals surface area contributed by atoms with Crippen molar-refractivity contribution in [3.8, 4) is 0 Å². The van der Waals surface area contributed by atoms with Crippen molar-refractivity contribution in [1.82, 2.24) is 0 Å². The minimum Gasteiger partial charge on any atom is -0.463 e. The molecule has 0 radical (unpaired) electrons. The smallest absolute Gasteiger partial charge is 0.306 e. The third-order valence-electron chi connectivity index (χ3n) is 20.9. The number of aliphatic hydroxyl groups is 4. The third kappa shape index (κ3) is 49.1. The van der Waals surface area contributed by atoms with Gasteiger partial charge in [0.15, 0.2) is 18.5 Å². The molecule has 9 atom stereocenters. The molecule has 2 aliphatic rings. The lowest BCUT2D eigenvalue weighted by Gasteiger charge is -2.44. The van der Waals surface area contributed by atoms with Gasteiger partial charge in [0.2, 0.25) is 5.79 Å². The fraction of sp³-hybridized carbons (Fsp3) is 0.952. The molecular formula is C84H158O15. The molecule has 2 rings (SSSR count). The van der Waals surface area contributed by atoms with Crippen LogP contribution in [0.5, 0.6) is 0 Å². The molecular weight excluding hydrogens is 1250 g/mol. The van der Waals surface area contributed by atoms with E-state index in [0.717, 1.165) is 96.3 Å². The van der Waals surface area contributed by atoms with Crippen LogP contribution in [0.1, 0.15) is 439 Å². The maximum Gasteiger partial charge on any atom is 0.306 e. The maximum atomic E-state index is 14.4. The van der Waals surface area contributed by atoms with Gasteiger partial charge in [-0.3, -0.25) is 19.2 Å². The highest BCUT2D eigenvalue weighted by Gasteiger charge is 2.64. The Hall–Kier alpha value is -2.40. The maximum absolute atomic E-state index is 14.4. The second-order valence-corrected chi connectivity index (χ2v) is 30.3. The molecule has 0 amide bonds. The van der Waals surface area contributed by atoms with E-state index in [9.17, 15) is 39.6 Å².